The Balaban J connectivity index is 1.32. The Labute approximate surface area is 174 Å². The van der Waals surface area contributed by atoms with E-state index in [1.54, 1.807) is 0 Å². The molecule has 5 nitrogen and oxygen atoms in total. The van der Waals surface area contributed by atoms with E-state index >= 15 is 0 Å². The highest BCUT2D eigenvalue weighted by Gasteiger charge is 2.58. The summed E-state index contributed by atoms with van der Waals surface area (Å²) in [6.07, 6.45) is 10.3. The summed E-state index contributed by atoms with van der Waals surface area (Å²) >= 11 is 0. The minimum atomic E-state index is -0.253. The number of β-lactam (4-membered cyclic amide) rings is 1. The number of unbranched alkanes of at least 4 members (excludes halogenated alkanes) is 2. The van der Waals surface area contributed by atoms with Crippen LogP contribution in [0.4, 0.5) is 10.5 Å². The molecule has 3 amide bonds. The van der Waals surface area contributed by atoms with Gasteiger partial charge < -0.3 is 9.80 Å². The fourth-order valence-corrected chi connectivity index (χ4v) is 5.18. The summed E-state index contributed by atoms with van der Waals surface area (Å²) in [7, 11) is 0. The Morgan fingerprint density at radius 2 is 1.93 bits per heavy atom. The number of para-hydroxylation sites is 1. The van der Waals surface area contributed by atoms with Crippen molar-refractivity contribution in [3.63, 3.8) is 0 Å². The standard InChI is InChI=1S/C24H33N3O2/c1-3-4-5-6-9-15-26-19(2)24(22(26)28)13-17-25(18-14-24)23(29)27-16-12-20-10-7-8-11-21(20)27/h6-11,19H,3-5,12-18H2,1-2H3/b9-6+. The van der Waals surface area contributed by atoms with Gasteiger partial charge in [-0.05, 0) is 44.2 Å². The molecule has 1 aromatic carbocycles. The number of hydrogen-bond acceptors (Lipinski definition) is 2. The largest absolute Gasteiger partial charge is 0.335 e. The molecule has 0 saturated carbocycles. The molecule has 0 bridgehead atoms. The molecule has 5 heteroatoms. The van der Waals surface area contributed by atoms with Crippen LogP contribution in [0.2, 0.25) is 0 Å². The van der Waals surface area contributed by atoms with Gasteiger partial charge in [0.25, 0.3) is 0 Å². The van der Waals surface area contributed by atoms with E-state index in [4.69, 9.17) is 0 Å². The topological polar surface area (TPSA) is 43.9 Å². The average molecular weight is 396 g/mol. The summed E-state index contributed by atoms with van der Waals surface area (Å²) in [6, 6.07) is 8.53. The van der Waals surface area contributed by atoms with Gasteiger partial charge in [0, 0.05) is 37.9 Å². The molecule has 1 unspecified atom stereocenters. The summed E-state index contributed by atoms with van der Waals surface area (Å²) in [6.45, 7) is 7.20. The van der Waals surface area contributed by atoms with Crippen molar-refractivity contribution in [1.29, 1.82) is 0 Å². The fourth-order valence-electron chi connectivity index (χ4n) is 5.18. The van der Waals surface area contributed by atoms with Crippen molar-refractivity contribution in [1.82, 2.24) is 9.80 Å². The summed E-state index contributed by atoms with van der Waals surface area (Å²) < 4.78 is 0. The molecular weight excluding hydrogens is 362 g/mol. The van der Waals surface area contributed by atoms with Crippen molar-refractivity contribution in [2.75, 3.05) is 31.1 Å². The molecule has 0 aliphatic carbocycles. The molecule has 1 aromatic rings. The van der Waals surface area contributed by atoms with Gasteiger partial charge in [0.2, 0.25) is 5.91 Å². The van der Waals surface area contributed by atoms with E-state index in [9.17, 15) is 9.59 Å². The number of anilines is 1. The highest BCUT2D eigenvalue weighted by Crippen LogP contribution is 2.47. The molecular formula is C24H33N3O2. The summed E-state index contributed by atoms with van der Waals surface area (Å²) in [4.78, 5) is 31.9. The van der Waals surface area contributed by atoms with E-state index in [2.05, 4.69) is 32.1 Å². The molecule has 2 fully saturated rings. The molecule has 29 heavy (non-hydrogen) atoms. The molecule has 3 aliphatic rings. The van der Waals surface area contributed by atoms with Crippen LogP contribution in [-0.4, -0.2) is 54.0 Å². The molecule has 0 radical (unpaired) electrons. The van der Waals surface area contributed by atoms with Gasteiger partial charge >= 0.3 is 6.03 Å². The van der Waals surface area contributed by atoms with Gasteiger partial charge in [-0.25, -0.2) is 4.79 Å². The Morgan fingerprint density at radius 1 is 1.17 bits per heavy atom. The molecule has 3 heterocycles. The summed E-state index contributed by atoms with van der Waals surface area (Å²) in [5.41, 5.74) is 2.04. The first-order chi connectivity index (χ1) is 14.1. The number of urea groups is 1. The summed E-state index contributed by atoms with van der Waals surface area (Å²) in [5.74, 6) is 0.281. The molecule has 156 valence electrons. The maximum Gasteiger partial charge on any atom is 0.324 e. The van der Waals surface area contributed by atoms with Crippen molar-refractivity contribution >= 4 is 17.6 Å². The third-order valence-corrected chi connectivity index (χ3v) is 7.19. The molecule has 2 saturated heterocycles. The number of amides is 3. The SMILES string of the molecule is CCCC/C=C/CN1C(=O)C2(CCN(C(=O)N3CCc4ccccc43)CC2)C1C. The van der Waals surface area contributed by atoms with Gasteiger partial charge in [0.1, 0.15) is 0 Å². The molecule has 0 aromatic heterocycles. The van der Waals surface area contributed by atoms with E-state index in [1.165, 1.54) is 18.4 Å². The number of allylic oxidation sites excluding steroid dienone is 1. The van der Waals surface area contributed by atoms with Crippen LogP contribution in [0.15, 0.2) is 36.4 Å². The summed E-state index contributed by atoms with van der Waals surface area (Å²) in [5, 5.41) is 0. The average Bonchev–Trinajstić information content (AvgIpc) is 3.19. The molecule has 4 rings (SSSR count). The lowest BCUT2D eigenvalue weighted by Crippen LogP contribution is -2.70. The van der Waals surface area contributed by atoms with Gasteiger partial charge in [0.05, 0.1) is 5.41 Å². The van der Waals surface area contributed by atoms with Crippen LogP contribution in [0.3, 0.4) is 0 Å². The van der Waals surface area contributed by atoms with E-state index < -0.39 is 0 Å². The number of likely N-dealkylation sites (tertiary alicyclic amines) is 2. The zero-order valence-corrected chi connectivity index (χ0v) is 17.8. The number of piperidine rings is 1. The first-order valence-electron chi connectivity index (χ1n) is 11.2. The maximum absolute atomic E-state index is 13.1. The second-order valence-corrected chi connectivity index (χ2v) is 8.70. The van der Waals surface area contributed by atoms with Crippen molar-refractivity contribution in [2.24, 2.45) is 5.41 Å². The Kier molecular flexibility index (Phi) is 5.66. The third kappa shape index (κ3) is 3.45. The normalized spacial score (nSPS) is 23.0. The monoisotopic (exact) mass is 395 g/mol. The van der Waals surface area contributed by atoms with E-state index in [1.807, 2.05) is 32.9 Å². The van der Waals surface area contributed by atoms with Crippen molar-refractivity contribution in [3.8, 4) is 0 Å². The first kappa shape index (κ1) is 20.0. The third-order valence-electron chi connectivity index (χ3n) is 7.19. The van der Waals surface area contributed by atoms with Crippen molar-refractivity contribution in [2.45, 2.75) is 58.4 Å². The van der Waals surface area contributed by atoms with Crippen LogP contribution in [0.1, 0.15) is 51.5 Å². The van der Waals surface area contributed by atoms with Gasteiger partial charge in [0.15, 0.2) is 0 Å². The smallest absolute Gasteiger partial charge is 0.324 e. The zero-order valence-electron chi connectivity index (χ0n) is 17.8. The number of rotatable bonds is 5. The van der Waals surface area contributed by atoms with Gasteiger partial charge in [-0.1, -0.05) is 50.1 Å². The predicted molar refractivity (Wildman–Crippen MR) is 116 cm³/mol. The van der Waals surface area contributed by atoms with Gasteiger partial charge in [-0.2, -0.15) is 0 Å². The Bertz CT molecular complexity index is 795. The van der Waals surface area contributed by atoms with E-state index in [0.29, 0.717) is 13.1 Å². The second-order valence-electron chi connectivity index (χ2n) is 8.70. The van der Waals surface area contributed by atoms with Crippen LogP contribution in [0.25, 0.3) is 0 Å². The number of benzene rings is 1. The Hall–Kier alpha value is -2.30. The molecule has 0 N–H and O–H groups in total. The highest BCUT2D eigenvalue weighted by atomic mass is 16.2. The van der Waals surface area contributed by atoms with E-state index in [-0.39, 0.29) is 23.4 Å². The number of carbonyl (C=O) groups excluding carboxylic acids is 2. The molecule has 1 atom stereocenters. The van der Waals surface area contributed by atoms with Gasteiger partial charge in [-0.3, -0.25) is 9.69 Å². The fraction of sp³-hybridized carbons (Fsp3) is 0.583. The predicted octanol–water partition coefficient (Wildman–Crippen LogP) is 4.23. The van der Waals surface area contributed by atoms with Gasteiger partial charge in [-0.15, -0.1) is 0 Å². The lowest BCUT2D eigenvalue weighted by molar-refractivity contribution is -0.174. The van der Waals surface area contributed by atoms with Crippen LogP contribution >= 0.6 is 0 Å². The molecule has 3 aliphatic heterocycles. The number of nitrogens with zero attached hydrogens (tertiary/aromatic N) is 3. The lowest BCUT2D eigenvalue weighted by Gasteiger charge is -2.57. The minimum absolute atomic E-state index is 0.0972. The zero-order chi connectivity index (χ0) is 20.4. The molecule has 1 spiro atoms. The number of fused-ring (bicyclic) bond motifs is 1. The van der Waals surface area contributed by atoms with Crippen LogP contribution in [0, 0.1) is 5.41 Å². The number of hydrogen-bond donors (Lipinski definition) is 0. The quantitative estimate of drug-likeness (QED) is 0.425. The Morgan fingerprint density at radius 3 is 2.66 bits per heavy atom. The van der Waals surface area contributed by atoms with Crippen LogP contribution in [0.5, 0.6) is 0 Å². The van der Waals surface area contributed by atoms with Crippen molar-refractivity contribution in [3.05, 3.63) is 42.0 Å². The number of carbonyl (C=O) groups is 2. The highest BCUT2D eigenvalue weighted by molar-refractivity contribution is 5.95. The van der Waals surface area contributed by atoms with E-state index in [0.717, 1.165) is 44.5 Å². The lowest BCUT2D eigenvalue weighted by atomic mass is 9.65. The first-order valence-corrected chi connectivity index (χ1v) is 11.2. The van der Waals surface area contributed by atoms with Crippen molar-refractivity contribution < 1.29 is 9.59 Å². The minimum Gasteiger partial charge on any atom is -0.335 e. The van der Waals surface area contributed by atoms with Crippen LogP contribution < -0.4 is 4.90 Å². The van der Waals surface area contributed by atoms with Crippen LogP contribution in [-0.2, 0) is 11.2 Å². The second kappa shape index (κ2) is 8.21. The maximum atomic E-state index is 13.1.